The first-order chi connectivity index (χ1) is 15.2. The average molecular weight is 446 g/mol. The summed E-state index contributed by atoms with van der Waals surface area (Å²) in [5, 5.41) is 2.97. The molecule has 0 aliphatic carbocycles. The van der Waals surface area contributed by atoms with Crippen molar-refractivity contribution in [1.29, 1.82) is 0 Å². The van der Waals surface area contributed by atoms with E-state index in [0.717, 1.165) is 22.6 Å². The van der Waals surface area contributed by atoms with Crippen LogP contribution >= 0.6 is 23.4 Å². The summed E-state index contributed by atoms with van der Waals surface area (Å²) in [6.07, 6.45) is 0. The molecule has 0 radical (unpaired) electrons. The van der Waals surface area contributed by atoms with Crippen molar-refractivity contribution in [2.45, 2.75) is 12.0 Å². The molecule has 1 atom stereocenters. The second-order valence-electron chi connectivity index (χ2n) is 7.40. The van der Waals surface area contributed by atoms with Crippen LogP contribution in [0.1, 0.15) is 16.5 Å². The van der Waals surface area contributed by atoms with Gasteiger partial charge in [-0.15, -0.1) is 11.8 Å². The van der Waals surface area contributed by atoms with Crippen LogP contribution in [0.4, 0.5) is 5.69 Å². The quantitative estimate of drug-likeness (QED) is 0.336. The summed E-state index contributed by atoms with van der Waals surface area (Å²) in [4.78, 5) is 14.4. The minimum atomic E-state index is -0.0882. The number of ether oxygens (including phenoxy) is 1. The molecule has 4 aromatic carbocycles. The minimum absolute atomic E-state index is 0.0882. The number of amides is 1. The van der Waals surface area contributed by atoms with Gasteiger partial charge in [0.2, 0.25) is 5.91 Å². The van der Waals surface area contributed by atoms with Crippen molar-refractivity contribution < 1.29 is 9.53 Å². The Labute approximate surface area is 190 Å². The number of halogens is 1. The summed E-state index contributed by atoms with van der Waals surface area (Å²) in [5.74, 6) is 1.34. The number of carbonyl (C=O) groups is 1. The van der Waals surface area contributed by atoms with Crippen LogP contribution in [0.3, 0.4) is 0 Å². The zero-order valence-corrected chi connectivity index (χ0v) is 18.3. The van der Waals surface area contributed by atoms with E-state index in [0.29, 0.717) is 17.4 Å². The highest BCUT2D eigenvalue weighted by Crippen LogP contribution is 2.42. The van der Waals surface area contributed by atoms with Crippen molar-refractivity contribution in [3.8, 4) is 5.75 Å². The number of nitrogens with zero attached hydrogens (tertiary/aromatic N) is 1. The van der Waals surface area contributed by atoms with E-state index in [1.54, 1.807) is 11.8 Å². The average Bonchev–Trinajstić information content (AvgIpc) is 3.20. The van der Waals surface area contributed by atoms with E-state index >= 15 is 0 Å². The summed E-state index contributed by atoms with van der Waals surface area (Å²) >= 11 is 7.65. The zero-order chi connectivity index (χ0) is 21.2. The second kappa shape index (κ2) is 8.66. The Morgan fingerprint density at radius 1 is 0.935 bits per heavy atom. The normalized spacial score (nSPS) is 16.1. The van der Waals surface area contributed by atoms with E-state index in [1.165, 1.54) is 10.8 Å². The zero-order valence-electron chi connectivity index (χ0n) is 16.7. The minimum Gasteiger partial charge on any atom is -0.489 e. The van der Waals surface area contributed by atoms with Crippen LogP contribution in [0, 0.1) is 0 Å². The maximum Gasteiger partial charge on any atom is 0.238 e. The van der Waals surface area contributed by atoms with Gasteiger partial charge in [0.05, 0.1) is 5.75 Å². The Bertz CT molecular complexity index is 1240. The molecule has 0 bridgehead atoms. The van der Waals surface area contributed by atoms with Crippen molar-refractivity contribution in [2.75, 3.05) is 10.7 Å². The lowest BCUT2D eigenvalue weighted by Crippen LogP contribution is -2.27. The molecular weight excluding hydrogens is 426 g/mol. The first kappa shape index (κ1) is 20.0. The van der Waals surface area contributed by atoms with E-state index < -0.39 is 0 Å². The molecule has 1 saturated heterocycles. The van der Waals surface area contributed by atoms with Gasteiger partial charge in [0.15, 0.2) is 0 Å². The molecule has 154 valence electrons. The number of benzene rings is 4. The smallest absolute Gasteiger partial charge is 0.238 e. The molecule has 4 aromatic rings. The molecule has 0 aromatic heterocycles. The molecular formula is C26H20ClNO2S. The van der Waals surface area contributed by atoms with Gasteiger partial charge in [0, 0.05) is 10.7 Å². The molecule has 0 spiro atoms. The Morgan fingerprint density at radius 2 is 1.71 bits per heavy atom. The molecule has 5 heteroatoms. The number of fused-ring (bicyclic) bond motifs is 1. The SMILES string of the molecule is O=C1CS[C@H](c2cccc(OCc3cccc4ccccc34)c2)N1c1ccc(Cl)cc1. The molecule has 0 N–H and O–H groups in total. The third-order valence-electron chi connectivity index (χ3n) is 5.39. The first-order valence-electron chi connectivity index (χ1n) is 10.1. The number of carbonyl (C=O) groups excluding carboxylic acids is 1. The fraction of sp³-hybridized carbons (Fsp3) is 0.115. The molecule has 1 amide bonds. The largest absolute Gasteiger partial charge is 0.489 e. The fourth-order valence-corrected chi connectivity index (χ4v) is 5.18. The summed E-state index contributed by atoms with van der Waals surface area (Å²) in [6.45, 7) is 0.489. The molecule has 0 saturated carbocycles. The predicted molar refractivity (Wildman–Crippen MR) is 129 cm³/mol. The lowest BCUT2D eigenvalue weighted by atomic mass is 10.1. The summed E-state index contributed by atoms with van der Waals surface area (Å²) < 4.78 is 6.15. The van der Waals surface area contributed by atoms with Crippen LogP contribution < -0.4 is 9.64 Å². The van der Waals surface area contributed by atoms with Gasteiger partial charge in [-0.1, -0.05) is 66.2 Å². The number of thioether (sulfide) groups is 1. The van der Waals surface area contributed by atoms with Crippen LogP contribution in [-0.4, -0.2) is 11.7 Å². The van der Waals surface area contributed by atoms with E-state index in [1.807, 2.05) is 65.6 Å². The number of rotatable bonds is 5. The lowest BCUT2D eigenvalue weighted by Gasteiger charge is -2.24. The van der Waals surface area contributed by atoms with Gasteiger partial charge in [0.25, 0.3) is 0 Å². The van der Waals surface area contributed by atoms with E-state index in [-0.39, 0.29) is 11.3 Å². The monoisotopic (exact) mass is 445 g/mol. The van der Waals surface area contributed by atoms with Gasteiger partial charge in [-0.05, 0) is 58.3 Å². The topological polar surface area (TPSA) is 29.5 Å². The number of hydrogen-bond acceptors (Lipinski definition) is 3. The third-order valence-corrected chi connectivity index (χ3v) is 6.85. The molecule has 1 heterocycles. The highest BCUT2D eigenvalue weighted by atomic mass is 35.5. The molecule has 1 aliphatic rings. The summed E-state index contributed by atoms with van der Waals surface area (Å²) in [6, 6.07) is 30.0. The second-order valence-corrected chi connectivity index (χ2v) is 8.91. The van der Waals surface area contributed by atoms with Gasteiger partial charge in [-0.2, -0.15) is 0 Å². The number of hydrogen-bond donors (Lipinski definition) is 0. The maximum atomic E-state index is 12.6. The third kappa shape index (κ3) is 4.14. The molecule has 1 aliphatic heterocycles. The number of anilines is 1. The van der Waals surface area contributed by atoms with E-state index in [2.05, 4.69) is 30.3 Å². The van der Waals surface area contributed by atoms with Gasteiger partial charge in [0.1, 0.15) is 17.7 Å². The lowest BCUT2D eigenvalue weighted by molar-refractivity contribution is -0.115. The van der Waals surface area contributed by atoms with Crippen LogP contribution in [0.25, 0.3) is 10.8 Å². The van der Waals surface area contributed by atoms with Crippen LogP contribution in [0.15, 0.2) is 91.0 Å². The standard InChI is InChI=1S/C26H20ClNO2S/c27-21-11-13-22(14-12-21)28-25(29)17-31-26(28)19-7-4-9-23(15-19)30-16-20-8-3-6-18-5-1-2-10-24(18)20/h1-15,26H,16-17H2/t26-/m1/s1. The maximum absolute atomic E-state index is 12.6. The van der Waals surface area contributed by atoms with Crippen molar-refractivity contribution >= 4 is 45.7 Å². The molecule has 1 fully saturated rings. The van der Waals surface area contributed by atoms with Crippen LogP contribution in [0.2, 0.25) is 5.02 Å². The Morgan fingerprint density at radius 3 is 2.58 bits per heavy atom. The van der Waals surface area contributed by atoms with Crippen molar-refractivity contribution in [1.82, 2.24) is 0 Å². The van der Waals surface area contributed by atoms with E-state index in [9.17, 15) is 4.79 Å². The van der Waals surface area contributed by atoms with Gasteiger partial charge in [-0.25, -0.2) is 0 Å². The van der Waals surface area contributed by atoms with Gasteiger partial charge >= 0.3 is 0 Å². The molecule has 5 rings (SSSR count). The fourth-order valence-electron chi connectivity index (χ4n) is 3.89. The van der Waals surface area contributed by atoms with Gasteiger partial charge < -0.3 is 4.74 Å². The molecule has 0 unspecified atom stereocenters. The Hall–Kier alpha value is -2.95. The molecule has 3 nitrogen and oxygen atoms in total. The Kier molecular flexibility index (Phi) is 5.58. The summed E-state index contributed by atoms with van der Waals surface area (Å²) in [7, 11) is 0. The van der Waals surface area contributed by atoms with Gasteiger partial charge in [-0.3, -0.25) is 9.69 Å². The first-order valence-corrected chi connectivity index (χ1v) is 11.5. The van der Waals surface area contributed by atoms with Crippen LogP contribution in [-0.2, 0) is 11.4 Å². The predicted octanol–water partition coefficient (Wildman–Crippen LogP) is 6.85. The highest BCUT2D eigenvalue weighted by Gasteiger charge is 2.34. The summed E-state index contributed by atoms with van der Waals surface area (Å²) in [5.41, 5.74) is 3.05. The highest BCUT2D eigenvalue weighted by molar-refractivity contribution is 8.00. The van der Waals surface area contributed by atoms with Crippen molar-refractivity contribution in [3.05, 3.63) is 107 Å². The van der Waals surface area contributed by atoms with E-state index in [4.69, 9.17) is 16.3 Å². The Balaban J connectivity index is 1.38. The molecule has 31 heavy (non-hydrogen) atoms. The van der Waals surface area contributed by atoms with Crippen molar-refractivity contribution in [3.63, 3.8) is 0 Å². The van der Waals surface area contributed by atoms with Crippen LogP contribution in [0.5, 0.6) is 5.75 Å². The van der Waals surface area contributed by atoms with Crippen molar-refractivity contribution in [2.24, 2.45) is 0 Å².